The Labute approximate surface area is 196 Å². The second-order valence-corrected chi connectivity index (χ2v) is 9.12. The number of anilines is 1. The highest BCUT2D eigenvalue weighted by atomic mass is 32.1. The number of carbonyl (C=O) groups excluding carboxylic acids is 3. The molecule has 0 radical (unpaired) electrons. The molecule has 2 unspecified atom stereocenters. The average Bonchev–Trinajstić information content (AvgIpc) is 3.52. The molecule has 3 heterocycles. The van der Waals surface area contributed by atoms with Gasteiger partial charge in [0.2, 0.25) is 5.91 Å². The molecule has 4 rings (SSSR count). The number of piperidine rings is 1. The topological polar surface area (TPSA) is 80.1 Å². The van der Waals surface area contributed by atoms with Crippen molar-refractivity contribution in [2.75, 3.05) is 18.6 Å². The van der Waals surface area contributed by atoms with E-state index in [4.69, 9.17) is 9.15 Å². The van der Waals surface area contributed by atoms with Gasteiger partial charge in [-0.3, -0.25) is 14.4 Å². The monoisotopic (exact) mass is 466 g/mol. The number of esters is 1. The Morgan fingerprint density at radius 3 is 2.64 bits per heavy atom. The van der Waals surface area contributed by atoms with Crippen molar-refractivity contribution < 1.29 is 23.5 Å². The molecule has 2 amide bonds. The minimum Gasteiger partial charge on any atom is -0.467 e. The fourth-order valence-corrected chi connectivity index (χ4v) is 4.89. The fraction of sp³-hybridized carbons (Fsp3) is 0.320. The maximum Gasteiger partial charge on any atom is 0.311 e. The van der Waals surface area contributed by atoms with Gasteiger partial charge in [0.15, 0.2) is 6.61 Å². The Balaban J connectivity index is 1.50. The highest BCUT2D eigenvalue weighted by molar-refractivity contribution is 7.10. The van der Waals surface area contributed by atoms with Gasteiger partial charge in [-0.1, -0.05) is 23.8 Å². The molecule has 3 aromatic rings. The lowest BCUT2D eigenvalue weighted by Crippen LogP contribution is -2.46. The first-order valence-electron chi connectivity index (χ1n) is 10.8. The molecule has 1 aliphatic rings. The lowest BCUT2D eigenvalue weighted by Gasteiger charge is -2.39. The van der Waals surface area contributed by atoms with E-state index in [1.165, 1.54) is 16.2 Å². The lowest BCUT2D eigenvalue weighted by atomic mass is 9.87. The van der Waals surface area contributed by atoms with Gasteiger partial charge in [0.05, 0.1) is 24.8 Å². The maximum atomic E-state index is 13.1. The van der Waals surface area contributed by atoms with Crippen LogP contribution in [0.15, 0.2) is 64.6 Å². The van der Waals surface area contributed by atoms with Crippen LogP contribution in [-0.2, 0) is 25.7 Å². The largest absolute Gasteiger partial charge is 0.467 e. The van der Waals surface area contributed by atoms with E-state index >= 15 is 0 Å². The Bertz CT molecular complexity index is 1090. The van der Waals surface area contributed by atoms with Crippen LogP contribution in [0.5, 0.6) is 0 Å². The van der Waals surface area contributed by atoms with Crippen molar-refractivity contribution in [2.45, 2.75) is 32.4 Å². The summed E-state index contributed by atoms with van der Waals surface area (Å²) in [5.74, 6) is -0.747. The number of rotatable bonds is 7. The number of likely N-dealkylation sites (N-methyl/N-ethyl adjacent to an activating group) is 1. The summed E-state index contributed by atoms with van der Waals surface area (Å²) in [6, 6.07) is 14.6. The van der Waals surface area contributed by atoms with E-state index in [0.717, 1.165) is 16.1 Å². The van der Waals surface area contributed by atoms with E-state index < -0.39 is 17.9 Å². The molecule has 0 N–H and O–H groups in total. The summed E-state index contributed by atoms with van der Waals surface area (Å²) in [7, 11) is 1.63. The van der Waals surface area contributed by atoms with Crippen LogP contribution in [0, 0.1) is 12.8 Å². The zero-order valence-electron chi connectivity index (χ0n) is 18.6. The van der Waals surface area contributed by atoms with E-state index in [0.29, 0.717) is 18.7 Å². The Hall–Kier alpha value is -3.39. The number of nitrogens with zero attached hydrogens (tertiary/aromatic N) is 2. The van der Waals surface area contributed by atoms with Crippen molar-refractivity contribution in [2.24, 2.45) is 5.92 Å². The number of hydrogen-bond acceptors (Lipinski definition) is 6. The second kappa shape index (κ2) is 10.0. The van der Waals surface area contributed by atoms with Crippen LogP contribution in [0.4, 0.5) is 5.69 Å². The van der Waals surface area contributed by atoms with E-state index in [2.05, 4.69) is 0 Å². The van der Waals surface area contributed by atoms with E-state index in [1.807, 2.05) is 48.7 Å². The minimum atomic E-state index is -0.564. The van der Waals surface area contributed by atoms with Crippen LogP contribution in [0.1, 0.15) is 35.1 Å². The first-order valence-corrected chi connectivity index (χ1v) is 11.7. The highest BCUT2D eigenvalue weighted by Gasteiger charge is 2.43. The number of carbonyl (C=O) groups is 3. The first kappa shape index (κ1) is 22.8. The molecule has 7 nitrogen and oxygen atoms in total. The molecule has 0 saturated carbocycles. The number of ether oxygens (including phenoxy) is 1. The number of furan rings is 1. The van der Waals surface area contributed by atoms with Gasteiger partial charge in [0.25, 0.3) is 5.91 Å². The number of aryl methyl sites for hydroxylation is 1. The summed E-state index contributed by atoms with van der Waals surface area (Å²) in [5.41, 5.74) is 1.83. The Morgan fingerprint density at radius 2 is 1.97 bits per heavy atom. The van der Waals surface area contributed by atoms with Crippen LogP contribution in [0.2, 0.25) is 0 Å². The third-order valence-corrected chi connectivity index (χ3v) is 6.73. The molecule has 2 aromatic heterocycles. The summed E-state index contributed by atoms with van der Waals surface area (Å²) in [5, 5.41) is 1.93. The maximum absolute atomic E-state index is 13.1. The number of amides is 2. The van der Waals surface area contributed by atoms with Crippen LogP contribution in [-0.4, -0.2) is 36.3 Å². The van der Waals surface area contributed by atoms with E-state index in [-0.39, 0.29) is 24.8 Å². The molecule has 0 aliphatic carbocycles. The smallest absolute Gasteiger partial charge is 0.311 e. The van der Waals surface area contributed by atoms with Crippen molar-refractivity contribution in [3.05, 3.63) is 76.4 Å². The second-order valence-electron chi connectivity index (χ2n) is 8.14. The van der Waals surface area contributed by atoms with Gasteiger partial charge in [-0.05, 0) is 49.1 Å². The standard InChI is InChI=1S/C25H26N2O5S/c1-17-7-9-18(10-8-17)27-22(28)12-11-20(24(27)21-6-4-14-33-21)25(30)32-16-23(29)26(2)15-19-5-3-13-31-19/h3-10,13-14,20,24H,11-12,15-16H2,1-2H3. The zero-order chi connectivity index (χ0) is 23.4. The summed E-state index contributed by atoms with van der Waals surface area (Å²) >= 11 is 1.50. The third kappa shape index (κ3) is 5.17. The van der Waals surface area contributed by atoms with Crippen LogP contribution >= 0.6 is 11.3 Å². The molecule has 1 saturated heterocycles. The van der Waals surface area contributed by atoms with Gasteiger partial charge < -0.3 is 19.0 Å². The molecular weight excluding hydrogens is 440 g/mol. The van der Waals surface area contributed by atoms with Gasteiger partial charge in [0.1, 0.15) is 5.76 Å². The van der Waals surface area contributed by atoms with Crippen molar-refractivity contribution >= 4 is 34.8 Å². The molecule has 33 heavy (non-hydrogen) atoms. The van der Waals surface area contributed by atoms with E-state index in [1.54, 1.807) is 30.3 Å². The molecule has 1 aromatic carbocycles. The zero-order valence-corrected chi connectivity index (χ0v) is 19.4. The van der Waals surface area contributed by atoms with Gasteiger partial charge >= 0.3 is 5.97 Å². The predicted molar refractivity (Wildman–Crippen MR) is 125 cm³/mol. The van der Waals surface area contributed by atoms with Crippen molar-refractivity contribution in [1.29, 1.82) is 0 Å². The average molecular weight is 467 g/mol. The van der Waals surface area contributed by atoms with Gasteiger partial charge in [-0.25, -0.2) is 0 Å². The normalized spacial score (nSPS) is 18.2. The highest BCUT2D eigenvalue weighted by Crippen LogP contribution is 2.42. The summed E-state index contributed by atoms with van der Waals surface area (Å²) in [6.45, 7) is 1.92. The molecular formula is C25H26N2O5S. The predicted octanol–water partition coefficient (Wildman–Crippen LogP) is 4.34. The van der Waals surface area contributed by atoms with Gasteiger partial charge in [-0.15, -0.1) is 11.3 Å². The summed E-state index contributed by atoms with van der Waals surface area (Å²) in [6.07, 6.45) is 2.16. The minimum absolute atomic E-state index is 0.0319. The van der Waals surface area contributed by atoms with Crippen molar-refractivity contribution in [3.8, 4) is 0 Å². The summed E-state index contributed by atoms with van der Waals surface area (Å²) < 4.78 is 10.7. The van der Waals surface area contributed by atoms with Crippen LogP contribution < -0.4 is 4.90 Å². The molecule has 1 fully saturated rings. The quantitative estimate of drug-likeness (QED) is 0.484. The number of benzene rings is 1. The molecule has 2 atom stereocenters. The van der Waals surface area contributed by atoms with Crippen LogP contribution in [0.25, 0.3) is 0 Å². The van der Waals surface area contributed by atoms with Gasteiger partial charge in [-0.2, -0.15) is 0 Å². The number of hydrogen-bond donors (Lipinski definition) is 0. The third-order valence-electron chi connectivity index (χ3n) is 5.78. The molecule has 0 bridgehead atoms. The number of thiophene rings is 1. The van der Waals surface area contributed by atoms with E-state index in [9.17, 15) is 14.4 Å². The summed E-state index contributed by atoms with van der Waals surface area (Å²) in [4.78, 5) is 42.6. The molecule has 1 aliphatic heterocycles. The Kier molecular flexibility index (Phi) is 6.93. The molecule has 0 spiro atoms. The van der Waals surface area contributed by atoms with Crippen molar-refractivity contribution in [1.82, 2.24) is 4.90 Å². The van der Waals surface area contributed by atoms with Crippen LogP contribution in [0.3, 0.4) is 0 Å². The lowest BCUT2D eigenvalue weighted by molar-refractivity contribution is -0.157. The van der Waals surface area contributed by atoms with Gasteiger partial charge in [0, 0.05) is 24.0 Å². The van der Waals surface area contributed by atoms with Crippen molar-refractivity contribution in [3.63, 3.8) is 0 Å². The molecule has 8 heteroatoms. The molecule has 172 valence electrons. The SMILES string of the molecule is Cc1ccc(N2C(=O)CCC(C(=O)OCC(=O)N(C)Cc3ccco3)C2c2cccs2)cc1. The fourth-order valence-electron chi connectivity index (χ4n) is 4.01. The first-order chi connectivity index (χ1) is 15.9. The Morgan fingerprint density at radius 1 is 1.18 bits per heavy atom.